The van der Waals surface area contributed by atoms with Crippen molar-refractivity contribution < 1.29 is 18.0 Å². The van der Waals surface area contributed by atoms with Gasteiger partial charge in [0.2, 0.25) is 0 Å². The van der Waals surface area contributed by atoms with E-state index in [-0.39, 0.29) is 5.56 Å². The lowest BCUT2D eigenvalue weighted by Crippen LogP contribution is -2.17. The van der Waals surface area contributed by atoms with Gasteiger partial charge in [-0.25, -0.2) is 0 Å². The number of hydrogen-bond donors (Lipinski definition) is 3. The van der Waals surface area contributed by atoms with Crippen LogP contribution < -0.4 is 16.8 Å². The molecule has 0 radical (unpaired) electrons. The van der Waals surface area contributed by atoms with E-state index in [9.17, 15) is 18.0 Å². The first-order valence-corrected chi connectivity index (χ1v) is 5.91. The lowest BCUT2D eigenvalue weighted by atomic mass is 10.1. The second kappa shape index (κ2) is 5.35. The Hall–Kier alpha value is -2.70. The van der Waals surface area contributed by atoms with Crippen molar-refractivity contribution in [1.82, 2.24) is 0 Å². The standard InChI is InChI=1S/C14H12F3N3O/c15-14(16,17)12-10(18)6-8(7-11(12)19)13(21)20-9-4-2-1-3-5-9/h1-7H,18-19H2,(H,20,21). The molecule has 21 heavy (non-hydrogen) atoms. The van der Waals surface area contributed by atoms with Crippen molar-refractivity contribution in [3.05, 3.63) is 53.6 Å². The fourth-order valence-electron chi connectivity index (χ4n) is 1.87. The van der Waals surface area contributed by atoms with Gasteiger partial charge in [0, 0.05) is 22.6 Å². The number of nitrogen functional groups attached to an aromatic ring is 2. The minimum absolute atomic E-state index is 0.0400. The molecular weight excluding hydrogens is 283 g/mol. The quantitative estimate of drug-likeness (QED) is 0.744. The van der Waals surface area contributed by atoms with Crippen LogP contribution in [0.3, 0.4) is 0 Å². The summed E-state index contributed by atoms with van der Waals surface area (Å²) < 4.78 is 38.2. The van der Waals surface area contributed by atoms with Crippen molar-refractivity contribution in [3.8, 4) is 0 Å². The number of carbonyl (C=O) groups is 1. The molecule has 0 fully saturated rings. The van der Waals surface area contributed by atoms with Crippen LogP contribution in [0.15, 0.2) is 42.5 Å². The highest BCUT2D eigenvalue weighted by atomic mass is 19.4. The van der Waals surface area contributed by atoms with E-state index in [2.05, 4.69) is 5.32 Å². The molecule has 0 unspecified atom stereocenters. The van der Waals surface area contributed by atoms with Crippen molar-refractivity contribution in [2.45, 2.75) is 6.18 Å². The Bertz CT molecular complexity index is 646. The Morgan fingerprint density at radius 3 is 2.00 bits per heavy atom. The van der Waals surface area contributed by atoms with Crippen LogP contribution in [0.25, 0.3) is 0 Å². The molecule has 0 aliphatic carbocycles. The molecule has 2 rings (SSSR count). The number of halogens is 3. The van der Waals surface area contributed by atoms with E-state index in [4.69, 9.17) is 11.5 Å². The van der Waals surface area contributed by atoms with Gasteiger partial charge in [0.05, 0.1) is 0 Å². The van der Waals surface area contributed by atoms with Gasteiger partial charge in [-0.1, -0.05) is 18.2 Å². The van der Waals surface area contributed by atoms with Crippen LogP contribution in [0.2, 0.25) is 0 Å². The number of anilines is 3. The fourth-order valence-corrected chi connectivity index (χ4v) is 1.87. The van der Waals surface area contributed by atoms with E-state index in [0.717, 1.165) is 12.1 Å². The monoisotopic (exact) mass is 295 g/mol. The number of nitrogens with one attached hydrogen (secondary N) is 1. The molecule has 0 saturated carbocycles. The molecule has 0 aromatic heterocycles. The Labute approximate surface area is 118 Å². The molecule has 5 N–H and O–H groups in total. The number of alkyl halides is 3. The lowest BCUT2D eigenvalue weighted by molar-refractivity contribution is -0.136. The molecule has 0 spiro atoms. The van der Waals surface area contributed by atoms with Crippen molar-refractivity contribution in [2.24, 2.45) is 0 Å². The topological polar surface area (TPSA) is 81.1 Å². The summed E-state index contributed by atoms with van der Waals surface area (Å²) in [7, 11) is 0. The van der Waals surface area contributed by atoms with E-state index in [0.29, 0.717) is 5.69 Å². The van der Waals surface area contributed by atoms with Crippen LogP contribution in [0.5, 0.6) is 0 Å². The van der Waals surface area contributed by atoms with Crippen molar-refractivity contribution in [3.63, 3.8) is 0 Å². The number of carbonyl (C=O) groups excluding carboxylic acids is 1. The van der Waals surface area contributed by atoms with Gasteiger partial charge in [-0.15, -0.1) is 0 Å². The molecule has 7 heteroatoms. The van der Waals surface area contributed by atoms with Crippen molar-refractivity contribution >= 4 is 23.0 Å². The van der Waals surface area contributed by atoms with E-state index >= 15 is 0 Å². The average Bonchev–Trinajstić information content (AvgIpc) is 2.37. The highest BCUT2D eigenvalue weighted by molar-refractivity contribution is 6.05. The molecule has 110 valence electrons. The Balaban J connectivity index is 2.32. The first-order valence-electron chi connectivity index (χ1n) is 5.91. The number of hydrogen-bond acceptors (Lipinski definition) is 3. The average molecular weight is 295 g/mol. The Morgan fingerprint density at radius 1 is 1.00 bits per heavy atom. The molecule has 2 aromatic carbocycles. The first-order chi connectivity index (χ1) is 9.79. The number of nitrogens with two attached hydrogens (primary N) is 2. The molecule has 1 amide bonds. The first kappa shape index (κ1) is 14.7. The maximum atomic E-state index is 12.7. The van der Waals surface area contributed by atoms with Crippen LogP contribution in [0, 0.1) is 0 Å². The summed E-state index contributed by atoms with van der Waals surface area (Å²) in [6, 6.07) is 10.4. The summed E-state index contributed by atoms with van der Waals surface area (Å²) in [4.78, 5) is 12.0. The Morgan fingerprint density at radius 2 is 1.52 bits per heavy atom. The lowest BCUT2D eigenvalue weighted by Gasteiger charge is -2.14. The summed E-state index contributed by atoms with van der Waals surface area (Å²) in [6.07, 6.45) is -4.66. The number of para-hydroxylation sites is 1. The third-order valence-electron chi connectivity index (χ3n) is 2.78. The summed E-state index contributed by atoms with van der Waals surface area (Å²) in [5.41, 5.74) is 8.90. The van der Waals surface area contributed by atoms with Gasteiger partial charge in [0.1, 0.15) is 5.56 Å². The maximum absolute atomic E-state index is 12.7. The zero-order chi connectivity index (χ0) is 15.6. The maximum Gasteiger partial charge on any atom is 0.420 e. The molecule has 0 aliphatic heterocycles. The van der Waals surface area contributed by atoms with Crippen molar-refractivity contribution in [2.75, 3.05) is 16.8 Å². The van der Waals surface area contributed by atoms with Gasteiger partial charge >= 0.3 is 6.18 Å². The predicted molar refractivity (Wildman–Crippen MR) is 74.7 cm³/mol. The summed E-state index contributed by atoms with van der Waals surface area (Å²) in [6.45, 7) is 0. The number of rotatable bonds is 2. The second-order valence-corrected chi connectivity index (χ2v) is 4.35. The van der Waals surface area contributed by atoms with E-state index in [1.54, 1.807) is 30.3 Å². The molecule has 0 saturated heterocycles. The Kier molecular flexibility index (Phi) is 3.75. The van der Waals surface area contributed by atoms with Crippen LogP contribution in [0.4, 0.5) is 30.2 Å². The van der Waals surface area contributed by atoms with Gasteiger partial charge < -0.3 is 16.8 Å². The number of benzene rings is 2. The zero-order valence-corrected chi connectivity index (χ0v) is 10.7. The summed E-state index contributed by atoms with van der Waals surface area (Å²) in [5, 5.41) is 2.54. The van der Waals surface area contributed by atoms with Crippen LogP contribution in [-0.4, -0.2) is 5.91 Å². The van der Waals surface area contributed by atoms with Gasteiger partial charge in [-0.3, -0.25) is 4.79 Å². The second-order valence-electron chi connectivity index (χ2n) is 4.35. The minimum atomic E-state index is -4.66. The highest BCUT2D eigenvalue weighted by Gasteiger charge is 2.35. The molecule has 0 heterocycles. The molecule has 4 nitrogen and oxygen atoms in total. The van der Waals surface area contributed by atoms with E-state index < -0.39 is 29.0 Å². The van der Waals surface area contributed by atoms with Gasteiger partial charge in [0.15, 0.2) is 0 Å². The highest BCUT2D eigenvalue weighted by Crippen LogP contribution is 2.38. The third kappa shape index (κ3) is 3.25. The fraction of sp³-hybridized carbons (Fsp3) is 0.0714. The van der Waals surface area contributed by atoms with Crippen LogP contribution in [-0.2, 0) is 6.18 Å². The van der Waals surface area contributed by atoms with Crippen LogP contribution >= 0.6 is 0 Å². The molecule has 0 bridgehead atoms. The van der Waals surface area contributed by atoms with E-state index in [1.807, 2.05) is 0 Å². The molecule has 2 aromatic rings. The summed E-state index contributed by atoms with van der Waals surface area (Å²) in [5.74, 6) is -0.590. The molecular formula is C14H12F3N3O. The third-order valence-corrected chi connectivity index (χ3v) is 2.78. The summed E-state index contributed by atoms with van der Waals surface area (Å²) >= 11 is 0. The van der Waals surface area contributed by atoms with E-state index in [1.165, 1.54) is 0 Å². The largest absolute Gasteiger partial charge is 0.420 e. The zero-order valence-electron chi connectivity index (χ0n) is 10.7. The minimum Gasteiger partial charge on any atom is -0.398 e. The number of amides is 1. The normalized spacial score (nSPS) is 11.2. The smallest absolute Gasteiger partial charge is 0.398 e. The van der Waals surface area contributed by atoms with Gasteiger partial charge in [-0.05, 0) is 24.3 Å². The van der Waals surface area contributed by atoms with Crippen molar-refractivity contribution in [1.29, 1.82) is 0 Å². The molecule has 0 aliphatic rings. The SMILES string of the molecule is Nc1cc(C(=O)Nc2ccccc2)cc(N)c1C(F)(F)F. The predicted octanol–water partition coefficient (Wildman–Crippen LogP) is 3.12. The van der Waals surface area contributed by atoms with Gasteiger partial charge in [-0.2, -0.15) is 13.2 Å². The van der Waals surface area contributed by atoms with Crippen LogP contribution in [0.1, 0.15) is 15.9 Å². The van der Waals surface area contributed by atoms with Gasteiger partial charge in [0.25, 0.3) is 5.91 Å². The molecule has 0 atom stereocenters.